The van der Waals surface area contributed by atoms with Crippen molar-refractivity contribution >= 4 is 36.6 Å². The van der Waals surface area contributed by atoms with Gasteiger partial charge in [0.1, 0.15) is 0 Å². The highest BCUT2D eigenvalue weighted by Gasteiger charge is 2.12. The van der Waals surface area contributed by atoms with E-state index in [-0.39, 0.29) is 9.52 Å². The molecule has 1 atom stereocenters. The van der Waals surface area contributed by atoms with E-state index >= 15 is 0 Å². The van der Waals surface area contributed by atoms with Crippen LogP contribution in [0.4, 0.5) is 0 Å². The Bertz CT molecular complexity index is 101. The van der Waals surface area contributed by atoms with Gasteiger partial charge in [-0.3, -0.25) is 4.79 Å². The molecule has 0 aliphatic carbocycles. The van der Waals surface area contributed by atoms with Crippen molar-refractivity contribution in [3.05, 3.63) is 0 Å². The van der Waals surface area contributed by atoms with E-state index in [9.17, 15) is 4.79 Å². The van der Waals surface area contributed by atoms with E-state index in [2.05, 4.69) is 45.7 Å². The molecule has 0 N–H and O–H groups in total. The second-order valence-electron chi connectivity index (χ2n) is 2.40. The first-order valence-electron chi connectivity index (χ1n) is 2.87. The van der Waals surface area contributed by atoms with Crippen LogP contribution in [0.1, 0.15) is 20.3 Å². The van der Waals surface area contributed by atoms with Crippen LogP contribution in [0.5, 0.6) is 0 Å². The quantitative estimate of drug-likeness (QED) is 0.561. The van der Waals surface area contributed by atoms with E-state index in [0.29, 0.717) is 5.92 Å². The Morgan fingerprint density at radius 3 is 2.11 bits per heavy atom. The third-order valence-corrected chi connectivity index (χ3v) is 2.88. The normalized spacial score (nSPS) is 13.9. The largest absolute Gasteiger partial charge is 0.285 e. The summed E-state index contributed by atoms with van der Waals surface area (Å²) in [5.74, 6) is 0.566. The monoisotopic (exact) mass is 256 g/mol. The van der Waals surface area contributed by atoms with Crippen molar-refractivity contribution in [2.45, 2.75) is 25.1 Å². The van der Waals surface area contributed by atoms with Crippen LogP contribution in [-0.2, 0) is 4.79 Å². The van der Waals surface area contributed by atoms with E-state index in [1.807, 2.05) is 0 Å². The maximum atomic E-state index is 10.5. The lowest BCUT2D eigenvalue weighted by Gasteiger charge is -2.06. The van der Waals surface area contributed by atoms with Crippen molar-refractivity contribution in [3.8, 4) is 0 Å². The molecule has 0 aliphatic rings. The number of carbonyl (C=O) groups is 1. The molecule has 0 amide bonds. The Labute approximate surface area is 72.5 Å². The first-order valence-corrected chi connectivity index (χ1v) is 4.58. The number of alkyl halides is 1. The lowest BCUT2D eigenvalue weighted by atomic mass is 10.1. The molecule has 0 saturated heterocycles. The van der Waals surface area contributed by atoms with E-state index in [0.717, 1.165) is 6.42 Å². The summed E-state index contributed by atoms with van der Waals surface area (Å²) >= 11 is 6.13. The van der Waals surface area contributed by atoms with Crippen LogP contribution < -0.4 is 0 Å². The lowest BCUT2D eigenvalue weighted by Crippen LogP contribution is -2.09. The fourth-order valence-corrected chi connectivity index (χ4v) is 1.44. The molecular weight excluding hydrogens is 248 g/mol. The zero-order chi connectivity index (χ0) is 7.44. The molecular formula is C6H10Br2O. The highest BCUT2D eigenvalue weighted by molar-refractivity contribution is 9.20. The van der Waals surface area contributed by atoms with E-state index < -0.39 is 0 Å². The zero-order valence-corrected chi connectivity index (χ0v) is 8.70. The van der Waals surface area contributed by atoms with Gasteiger partial charge in [0.25, 0.3) is 0 Å². The van der Waals surface area contributed by atoms with E-state index in [4.69, 9.17) is 0 Å². The lowest BCUT2D eigenvalue weighted by molar-refractivity contribution is -0.110. The molecule has 0 aromatic heterocycles. The highest BCUT2D eigenvalue weighted by atomic mass is 79.9. The highest BCUT2D eigenvalue weighted by Crippen LogP contribution is 2.15. The minimum Gasteiger partial charge on any atom is -0.285 e. The molecule has 0 rings (SSSR count). The first kappa shape index (κ1) is 9.63. The van der Waals surface area contributed by atoms with Gasteiger partial charge in [0.15, 0.2) is 0 Å². The van der Waals surface area contributed by atoms with Crippen molar-refractivity contribution < 1.29 is 4.79 Å². The molecule has 0 fully saturated rings. The second kappa shape index (κ2) is 4.45. The summed E-state index contributed by atoms with van der Waals surface area (Å²) in [4.78, 5) is 10.5. The summed E-state index contributed by atoms with van der Waals surface area (Å²) in [5, 5.41) is 0. The minimum absolute atomic E-state index is 0.0162. The van der Waals surface area contributed by atoms with Crippen molar-refractivity contribution in [2.75, 3.05) is 0 Å². The summed E-state index contributed by atoms with van der Waals surface area (Å²) in [6.45, 7) is 4.18. The van der Waals surface area contributed by atoms with Gasteiger partial charge in [0.05, 0.1) is 4.83 Å². The summed E-state index contributed by atoms with van der Waals surface area (Å²) in [5.41, 5.74) is 0. The SMILES string of the molecule is CC(C)CC(Br)C(=O)Br. The van der Waals surface area contributed by atoms with Crippen LogP contribution in [0.2, 0.25) is 0 Å². The number of hydrogen-bond acceptors (Lipinski definition) is 1. The van der Waals surface area contributed by atoms with Gasteiger partial charge in [0.2, 0.25) is 4.69 Å². The van der Waals surface area contributed by atoms with Gasteiger partial charge in [0, 0.05) is 0 Å². The Balaban J connectivity index is 3.50. The molecule has 0 heterocycles. The van der Waals surface area contributed by atoms with Gasteiger partial charge >= 0.3 is 0 Å². The minimum atomic E-state index is -0.0162. The Morgan fingerprint density at radius 2 is 2.00 bits per heavy atom. The third-order valence-electron chi connectivity index (χ3n) is 0.925. The number of rotatable bonds is 3. The van der Waals surface area contributed by atoms with Crippen LogP contribution in [-0.4, -0.2) is 9.52 Å². The molecule has 54 valence electrons. The van der Waals surface area contributed by atoms with Crippen LogP contribution >= 0.6 is 31.9 Å². The predicted molar refractivity (Wildman–Crippen MR) is 46.1 cm³/mol. The summed E-state index contributed by atoms with van der Waals surface area (Å²) in [6.07, 6.45) is 0.893. The number of halogens is 2. The molecule has 0 bridgehead atoms. The van der Waals surface area contributed by atoms with Gasteiger partial charge in [-0.2, -0.15) is 0 Å². The number of hydrogen-bond donors (Lipinski definition) is 0. The summed E-state index contributed by atoms with van der Waals surface area (Å²) in [6, 6.07) is 0. The van der Waals surface area contributed by atoms with Gasteiger partial charge in [-0.05, 0) is 28.3 Å². The average molecular weight is 258 g/mol. The Morgan fingerprint density at radius 1 is 1.56 bits per heavy atom. The second-order valence-corrected chi connectivity index (χ2v) is 4.29. The molecule has 0 saturated carbocycles. The van der Waals surface area contributed by atoms with Crippen LogP contribution in [0.25, 0.3) is 0 Å². The molecule has 0 aliphatic heterocycles. The van der Waals surface area contributed by atoms with Crippen LogP contribution in [0.15, 0.2) is 0 Å². The van der Waals surface area contributed by atoms with Gasteiger partial charge < -0.3 is 0 Å². The molecule has 1 nitrogen and oxygen atoms in total. The molecule has 0 radical (unpaired) electrons. The molecule has 9 heavy (non-hydrogen) atoms. The maximum absolute atomic E-state index is 10.5. The van der Waals surface area contributed by atoms with Crippen molar-refractivity contribution in [1.82, 2.24) is 0 Å². The third kappa shape index (κ3) is 5.09. The Kier molecular flexibility index (Phi) is 4.76. The molecule has 0 aromatic rings. The van der Waals surface area contributed by atoms with Crippen molar-refractivity contribution in [3.63, 3.8) is 0 Å². The van der Waals surface area contributed by atoms with Crippen LogP contribution in [0, 0.1) is 5.92 Å². The Hall–Kier alpha value is 0.630. The molecule has 3 heteroatoms. The first-order chi connectivity index (χ1) is 4.04. The fraction of sp³-hybridized carbons (Fsp3) is 0.833. The standard InChI is InChI=1S/C6H10Br2O/c1-4(2)3-5(7)6(8)9/h4-5H,3H2,1-2H3. The van der Waals surface area contributed by atoms with Gasteiger partial charge in [-0.15, -0.1) is 0 Å². The van der Waals surface area contributed by atoms with Gasteiger partial charge in [-0.25, -0.2) is 0 Å². The van der Waals surface area contributed by atoms with E-state index in [1.54, 1.807) is 0 Å². The molecule has 0 spiro atoms. The maximum Gasteiger partial charge on any atom is 0.211 e. The summed E-state index contributed by atoms with van der Waals surface area (Å²) < 4.78 is 0.0381. The average Bonchev–Trinajstić information content (AvgIpc) is 1.63. The van der Waals surface area contributed by atoms with Crippen molar-refractivity contribution in [2.24, 2.45) is 5.92 Å². The van der Waals surface area contributed by atoms with E-state index in [1.165, 1.54) is 0 Å². The van der Waals surface area contributed by atoms with Crippen molar-refractivity contribution in [1.29, 1.82) is 0 Å². The molecule has 1 unspecified atom stereocenters. The zero-order valence-electron chi connectivity index (χ0n) is 5.53. The molecule has 0 aromatic carbocycles. The number of carbonyl (C=O) groups excluding carboxylic acids is 1. The van der Waals surface area contributed by atoms with Crippen LogP contribution in [0.3, 0.4) is 0 Å². The summed E-state index contributed by atoms with van der Waals surface area (Å²) in [7, 11) is 0. The van der Waals surface area contributed by atoms with Gasteiger partial charge in [-0.1, -0.05) is 29.8 Å². The predicted octanol–water partition coefficient (Wildman–Crippen LogP) is 2.72. The topological polar surface area (TPSA) is 17.1 Å². The fourth-order valence-electron chi connectivity index (χ4n) is 0.507. The smallest absolute Gasteiger partial charge is 0.211 e.